The number of ether oxygens (including phenoxy) is 2. The van der Waals surface area contributed by atoms with Gasteiger partial charge >= 0.3 is 0 Å². The molecule has 0 bridgehead atoms. The van der Waals surface area contributed by atoms with E-state index in [2.05, 4.69) is 20.2 Å². The molecule has 0 aliphatic heterocycles. The maximum Gasteiger partial charge on any atom is 0.242 e. The normalized spacial score (nSPS) is 10.8. The first-order valence-corrected chi connectivity index (χ1v) is 6.84. The average Bonchev–Trinajstić information content (AvgIpc) is 2.42. The molecule has 1 rings (SSSR count). The number of nitrogens with zero attached hydrogens (tertiary/aromatic N) is 3. The van der Waals surface area contributed by atoms with E-state index in [4.69, 9.17) is 15.2 Å². The molecular formula is C13H25N5O2. The third-order valence-corrected chi connectivity index (χ3v) is 2.51. The van der Waals surface area contributed by atoms with Crippen LogP contribution in [0, 0.1) is 0 Å². The van der Waals surface area contributed by atoms with Crippen molar-refractivity contribution in [3.63, 3.8) is 0 Å². The van der Waals surface area contributed by atoms with Crippen LogP contribution in [0.1, 0.15) is 13.3 Å². The highest BCUT2D eigenvalue weighted by Gasteiger charge is 2.08. The highest BCUT2D eigenvalue weighted by Crippen LogP contribution is 2.24. The lowest BCUT2D eigenvalue weighted by atomic mass is 10.4. The summed E-state index contributed by atoms with van der Waals surface area (Å²) in [4.78, 5) is 10.2. The monoisotopic (exact) mass is 283 g/mol. The molecule has 0 unspecified atom stereocenters. The summed E-state index contributed by atoms with van der Waals surface area (Å²) < 4.78 is 10.9. The number of nitrogens with one attached hydrogen (secondary N) is 1. The minimum atomic E-state index is 0.429. The molecule has 0 spiro atoms. The molecule has 7 nitrogen and oxygen atoms in total. The third kappa shape index (κ3) is 6.03. The largest absolute Gasteiger partial charge is 0.476 e. The zero-order chi connectivity index (χ0) is 14.8. The second-order valence-electron chi connectivity index (χ2n) is 4.63. The number of hydrogen-bond acceptors (Lipinski definition) is 7. The lowest BCUT2D eigenvalue weighted by Gasteiger charge is -2.12. The fourth-order valence-corrected chi connectivity index (χ4v) is 1.42. The number of nitrogens with two attached hydrogens (primary N) is 1. The van der Waals surface area contributed by atoms with Gasteiger partial charge in [0.25, 0.3) is 0 Å². The maximum atomic E-state index is 5.94. The molecule has 20 heavy (non-hydrogen) atoms. The number of anilines is 2. The Bertz CT molecular complexity index is 387. The number of hydrogen-bond donors (Lipinski definition) is 2. The van der Waals surface area contributed by atoms with Crippen LogP contribution >= 0.6 is 0 Å². The predicted octanol–water partition coefficient (Wildman–Crippen LogP) is 0.838. The average molecular weight is 283 g/mol. The SMILES string of the molecule is CCCOc1ncnc(NCCOCCN(C)C)c1N. The van der Waals surface area contributed by atoms with Gasteiger partial charge in [0.2, 0.25) is 5.88 Å². The highest BCUT2D eigenvalue weighted by molar-refractivity contribution is 5.66. The van der Waals surface area contributed by atoms with Crippen LogP contribution in [-0.4, -0.2) is 61.9 Å². The Hall–Kier alpha value is -1.60. The minimum absolute atomic E-state index is 0.429. The summed E-state index contributed by atoms with van der Waals surface area (Å²) in [6.45, 7) is 5.48. The molecule has 0 radical (unpaired) electrons. The van der Waals surface area contributed by atoms with Gasteiger partial charge in [-0.05, 0) is 20.5 Å². The Morgan fingerprint density at radius 1 is 1.25 bits per heavy atom. The van der Waals surface area contributed by atoms with Crippen LogP contribution in [-0.2, 0) is 4.74 Å². The first-order valence-electron chi connectivity index (χ1n) is 6.84. The van der Waals surface area contributed by atoms with Gasteiger partial charge in [0.05, 0.1) is 19.8 Å². The first kappa shape index (κ1) is 16.5. The minimum Gasteiger partial charge on any atom is -0.476 e. The van der Waals surface area contributed by atoms with E-state index in [0.717, 1.165) is 13.0 Å². The molecule has 7 heteroatoms. The molecular weight excluding hydrogens is 258 g/mol. The summed E-state index contributed by atoms with van der Waals surface area (Å²) in [6, 6.07) is 0. The van der Waals surface area contributed by atoms with E-state index in [-0.39, 0.29) is 0 Å². The summed E-state index contributed by atoms with van der Waals surface area (Å²) >= 11 is 0. The van der Waals surface area contributed by atoms with Gasteiger partial charge in [0.15, 0.2) is 5.82 Å². The van der Waals surface area contributed by atoms with Crippen molar-refractivity contribution in [2.24, 2.45) is 0 Å². The van der Waals surface area contributed by atoms with Crippen LogP contribution in [0.25, 0.3) is 0 Å². The lowest BCUT2D eigenvalue weighted by molar-refractivity contribution is 0.126. The van der Waals surface area contributed by atoms with Crippen molar-refractivity contribution in [1.82, 2.24) is 14.9 Å². The van der Waals surface area contributed by atoms with Crippen LogP contribution in [0.4, 0.5) is 11.5 Å². The van der Waals surface area contributed by atoms with Crippen molar-refractivity contribution in [3.05, 3.63) is 6.33 Å². The van der Waals surface area contributed by atoms with Crippen molar-refractivity contribution in [1.29, 1.82) is 0 Å². The van der Waals surface area contributed by atoms with Gasteiger partial charge in [-0.15, -0.1) is 0 Å². The molecule has 1 aromatic rings. The zero-order valence-electron chi connectivity index (χ0n) is 12.6. The van der Waals surface area contributed by atoms with Crippen molar-refractivity contribution in [2.45, 2.75) is 13.3 Å². The molecule has 1 aromatic heterocycles. The van der Waals surface area contributed by atoms with E-state index in [1.807, 2.05) is 21.0 Å². The topological polar surface area (TPSA) is 85.5 Å². The fraction of sp³-hybridized carbons (Fsp3) is 0.692. The maximum absolute atomic E-state index is 5.94. The molecule has 1 heterocycles. The molecule has 0 aromatic carbocycles. The quantitative estimate of drug-likeness (QED) is 0.615. The molecule has 3 N–H and O–H groups in total. The summed E-state index contributed by atoms with van der Waals surface area (Å²) in [7, 11) is 4.03. The molecule has 0 aliphatic rings. The van der Waals surface area contributed by atoms with Crippen molar-refractivity contribution < 1.29 is 9.47 Å². The zero-order valence-corrected chi connectivity index (χ0v) is 12.6. The summed E-state index contributed by atoms with van der Waals surface area (Å²) in [5.74, 6) is 1.01. The van der Waals surface area contributed by atoms with Gasteiger partial charge in [0.1, 0.15) is 12.0 Å². The molecule has 114 valence electrons. The highest BCUT2D eigenvalue weighted by atomic mass is 16.5. The van der Waals surface area contributed by atoms with Gasteiger partial charge in [-0.3, -0.25) is 0 Å². The van der Waals surface area contributed by atoms with Crippen LogP contribution in [0.5, 0.6) is 5.88 Å². The molecule has 0 atom stereocenters. The smallest absolute Gasteiger partial charge is 0.242 e. The second kappa shape index (κ2) is 9.33. The summed E-state index contributed by atoms with van der Waals surface area (Å²) in [6.07, 6.45) is 2.35. The Balaban J connectivity index is 2.32. The van der Waals surface area contributed by atoms with Gasteiger partial charge in [-0.25, -0.2) is 4.98 Å². The standard InChI is InChI=1S/C13H25N5O2/c1-4-7-20-13-11(14)12(16-10-17-13)15-5-8-19-9-6-18(2)3/h10H,4-9,14H2,1-3H3,(H,15,16,17). The number of rotatable bonds is 10. The van der Waals surface area contributed by atoms with Crippen LogP contribution in [0.15, 0.2) is 6.33 Å². The predicted molar refractivity (Wildman–Crippen MR) is 80.1 cm³/mol. The molecule has 0 amide bonds. The molecule has 0 saturated heterocycles. The van der Waals surface area contributed by atoms with Crippen LogP contribution in [0.3, 0.4) is 0 Å². The Morgan fingerprint density at radius 3 is 2.75 bits per heavy atom. The molecule has 0 aliphatic carbocycles. The van der Waals surface area contributed by atoms with E-state index < -0.39 is 0 Å². The van der Waals surface area contributed by atoms with Crippen molar-refractivity contribution in [2.75, 3.05) is 58.1 Å². The van der Waals surface area contributed by atoms with Gasteiger partial charge in [-0.1, -0.05) is 6.92 Å². The third-order valence-electron chi connectivity index (χ3n) is 2.51. The first-order chi connectivity index (χ1) is 9.65. The Kier molecular flexibility index (Phi) is 7.67. The van der Waals surface area contributed by atoms with E-state index in [1.165, 1.54) is 6.33 Å². The number of likely N-dealkylation sites (N-methyl/N-ethyl adjacent to an activating group) is 1. The fourth-order valence-electron chi connectivity index (χ4n) is 1.42. The van der Waals surface area contributed by atoms with Crippen molar-refractivity contribution >= 4 is 11.5 Å². The van der Waals surface area contributed by atoms with E-state index >= 15 is 0 Å². The molecule has 0 saturated carbocycles. The van der Waals surface area contributed by atoms with Gasteiger partial charge < -0.3 is 25.4 Å². The lowest BCUT2D eigenvalue weighted by Crippen LogP contribution is -2.20. The number of aromatic nitrogens is 2. The summed E-state index contributed by atoms with van der Waals surface area (Å²) in [5.41, 5.74) is 6.38. The van der Waals surface area contributed by atoms with Gasteiger partial charge in [0, 0.05) is 13.1 Å². The Morgan fingerprint density at radius 2 is 2.05 bits per heavy atom. The van der Waals surface area contributed by atoms with Gasteiger partial charge in [-0.2, -0.15) is 4.98 Å². The van der Waals surface area contributed by atoms with Crippen LogP contribution < -0.4 is 15.8 Å². The van der Waals surface area contributed by atoms with E-state index in [1.54, 1.807) is 0 Å². The Labute approximate surface area is 120 Å². The van der Waals surface area contributed by atoms with Crippen LogP contribution in [0.2, 0.25) is 0 Å². The second-order valence-corrected chi connectivity index (χ2v) is 4.63. The number of nitrogen functional groups attached to an aromatic ring is 1. The summed E-state index contributed by atoms with van der Waals surface area (Å²) in [5, 5.41) is 3.12. The molecule has 0 fully saturated rings. The van der Waals surface area contributed by atoms with E-state index in [9.17, 15) is 0 Å². The van der Waals surface area contributed by atoms with E-state index in [0.29, 0.717) is 43.8 Å². The van der Waals surface area contributed by atoms with Crippen molar-refractivity contribution in [3.8, 4) is 5.88 Å².